The number of esters is 1. The second-order valence-electron chi connectivity index (χ2n) is 7.67. The monoisotopic (exact) mass is 437 g/mol. The van der Waals surface area contributed by atoms with Crippen LogP contribution in [0.4, 0.5) is 10.5 Å². The lowest BCUT2D eigenvalue weighted by molar-refractivity contribution is -0.143. The van der Waals surface area contributed by atoms with Gasteiger partial charge in [-0.05, 0) is 50.6 Å². The standard InChI is InChI=1S/C24H27N3O5/c1-15(2)32-23(29)21-16(3)27(4)24(30)26-22(21)17-9-8-10-18(13-17)25-20(28)14-31-19-11-6-5-7-12-19/h5-13,15,22H,14H2,1-4H3,(H,25,28)(H,26,30). The molecule has 1 aliphatic rings. The van der Waals surface area contributed by atoms with Gasteiger partial charge in [-0.25, -0.2) is 9.59 Å². The van der Waals surface area contributed by atoms with Crippen molar-refractivity contribution in [2.24, 2.45) is 0 Å². The highest BCUT2D eigenvalue weighted by molar-refractivity contribution is 5.95. The first-order chi connectivity index (χ1) is 15.3. The molecule has 1 atom stereocenters. The summed E-state index contributed by atoms with van der Waals surface area (Å²) in [6.45, 7) is 5.09. The summed E-state index contributed by atoms with van der Waals surface area (Å²) in [5, 5.41) is 5.62. The Kier molecular flexibility index (Phi) is 7.14. The zero-order valence-electron chi connectivity index (χ0n) is 18.5. The number of nitrogens with one attached hydrogen (secondary N) is 2. The number of ether oxygens (including phenoxy) is 2. The lowest BCUT2D eigenvalue weighted by atomic mass is 9.94. The molecule has 0 aromatic heterocycles. The summed E-state index contributed by atoms with van der Waals surface area (Å²) in [6.07, 6.45) is -0.304. The molecule has 0 spiro atoms. The van der Waals surface area contributed by atoms with E-state index >= 15 is 0 Å². The van der Waals surface area contributed by atoms with Crippen LogP contribution in [0.2, 0.25) is 0 Å². The molecule has 0 fully saturated rings. The molecule has 0 bridgehead atoms. The van der Waals surface area contributed by atoms with E-state index in [1.54, 1.807) is 64.2 Å². The van der Waals surface area contributed by atoms with E-state index in [1.165, 1.54) is 4.90 Å². The predicted octanol–water partition coefficient (Wildman–Crippen LogP) is 3.63. The molecule has 0 radical (unpaired) electrons. The summed E-state index contributed by atoms with van der Waals surface area (Å²) in [5.41, 5.74) is 2.02. The highest BCUT2D eigenvalue weighted by Gasteiger charge is 2.35. The smallest absolute Gasteiger partial charge is 0.338 e. The van der Waals surface area contributed by atoms with Crippen LogP contribution in [-0.4, -0.2) is 42.6 Å². The van der Waals surface area contributed by atoms with Crippen molar-refractivity contribution in [1.29, 1.82) is 0 Å². The number of rotatable bonds is 7. The first-order valence-electron chi connectivity index (χ1n) is 10.3. The van der Waals surface area contributed by atoms with Crippen LogP contribution in [0.5, 0.6) is 5.75 Å². The van der Waals surface area contributed by atoms with Gasteiger partial charge in [0.2, 0.25) is 0 Å². The molecule has 1 unspecified atom stereocenters. The summed E-state index contributed by atoms with van der Waals surface area (Å²) in [6, 6.07) is 15.0. The number of amides is 3. The van der Waals surface area contributed by atoms with Crippen molar-refractivity contribution in [1.82, 2.24) is 10.2 Å². The summed E-state index contributed by atoms with van der Waals surface area (Å²) in [4.78, 5) is 38.9. The molecule has 0 aliphatic carbocycles. The second-order valence-corrected chi connectivity index (χ2v) is 7.67. The van der Waals surface area contributed by atoms with Crippen molar-refractivity contribution in [3.8, 4) is 5.75 Å². The Morgan fingerprint density at radius 1 is 1.12 bits per heavy atom. The van der Waals surface area contributed by atoms with Crippen molar-refractivity contribution in [2.45, 2.75) is 32.9 Å². The molecule has 0 saturated carbocycles. The van der Waals surface area contributed by atoms with E-state index in [0.717, 1.165) is 0 Å². The Morgan fingerprint density at radius 3 is 2.53 bits per heavy atom. The van der Waals surface area contributed by atoms with Crippen LogP contribution in [0.25, 0.3) is 0 Å². The van der Waals surface area contributed by atoms with Crippen LogP contribution in [-0.2, 0) is 14.3 Å². The van der Waals surface area contributed by atoms with Crippen molar-refractivity contribution < 1.29 is 23.9 Å². The maximum absolute atomic E-state index is 12.8. The Labute approximate surface area is 187 Å². The fraction of sp³-hybridized carbons (Fsp3) is 0.292. The summed E-state index contributed by atoms with van der Waals surface area (Å²) in [5.74, 6) is -0.232. The minimum atomic E-state index is -0.706. The third-order valence-electron chi connectivity index (χ3n) is 4.93. The maximum atomic E-state index is 12.8. The van der Waals surface area contributed by atoms with Crippen LogP contribution in [0.15, 0.2) is 65.9 Å². The van der Waals surface area contributed by atoms with E-state index in [4.69, 9.17) is 9.47 Å². The Hall–Kier alpha value is -3.81. The molecule has 2 N–H and O–H groups in total. The Morgan fingerprint density at radius 2 is 1.84 bits per heavy atom. The third kappa shape index (κ3) is 5.46. The van der Waals surface area contributed by atoms with Gasteiger partial charge in [0.25, 0.3) is 5.91 Å². The number of benzene rings is 2. The highest BCUT2D eigenvalue weighted by atomic mass is 16.5. The zero-order chi connectivity index (χ0) is 23.3. The van der Waals surface area contributed by atoms with E-state index in [2.05, 4.69) is 10.6 Å². The number of carbonyl (C=O) groups excluding carboxylic acids is 3. The van der Waals surface area contributed by atoms with Gasteiger partial charge in [-0.3, -0.25) is 4.79 Å². The van der Waals surface area contributed by atoms with Gasteiger partial charge >= 0.3 is 12.0 Å². The Balaban J connectivity index is 1.79. The SMILES string of the molecule is CC1=C(C(=O)OC(C)C)C(c2cccc(NC(=O)COc3ccccc3)c2)NC(=O)N1C. The Bertz CT molecular complexity index is 1030. The highest BCUT2D eigenvalue weighted by Crippen LogP contribution is 2.32. The van der Waals surface area contributed by atoms with E-state index in [9.17, 15) is 14.4 Å². The van der Waals surface area contributed by atoms with Crippen molar-refractivity contribution in [2.75, 3.05) is 19.0 Å². The van der Waals surface area contributed by atoms with Crippen LogP contribution >= 0.6 is 0 Å². The van der Waals surface area contributed by atoms with Gasteiger partial charge in [0, 0.05) is 18.4 Å². The van der Waals surface area contributed by atoms with Gasteiger partial charge < -0.3 is 25.0 Å². The summed E-state index contributed by atoms with van der Waals surface area (Å²) < 4.78 is 10.9. The van der Waals surface area contributed by atoms with Crippen LogP contribution in [0, 0.1) is 0 Å². The number of nitrogens with zero attached hydrogens (tertiary/aromatic N) is 1. The number of allylic oxidation sites excluding steroid dienone is 1. The quantitative estimate of drug-likeness (QED) is 0.645. The van der Waals surface area contributed by atoms with E-state index in [1.807, 2.05) is 18.2 Å². The predicted molar refractivity (Wildman–Crippen MR) is 120 cm³/mol. The number of para-hydroxylation sites is 1. The van der Waals surface area contributed by atoms with Crippen LogP contribution in [0.1, 0.15) is 32.4 Å². The molecule has 2 aromatic rings. The molecule has 168 valence electrons. The first kappa shape index (κ1) is 22.9. The molecule has 8 heteroatoms. The van der Waals surface area contributed by atoms with Gasteiger partial charge in [-0.15, -0.1) is 0 Å². The normalized spacial score (nSPS) is 16.0. The molecule has 3 amide bonds. The fourth-order valence-electron chi connectivity index (χ4n) is 3.29. The number of hydrogen-bond donors (Lipinski definition) is 2. The number of anilines is 1. The first-order valence-corrected chi connectivity index (χ1v) is 10.3. The van der Waals surface area contributed by atoms with Gasteiger partial charge in [0.1, 0.15) is 5.75 Å². The van der Waals surface area contributed by atoms with E-state index in [-0.39, 0.29) is 24.6 Å². The molecular weight excluding hydrogens is 410 g/mol. The largest absolute Gasteiger partial charge is 0.484 e. The molecular formula is C24H27N3O5. The van der Waals surface area contributed by atoms with Crippen molar-refractivity contribution in [3.05, 3.63) is 71.4 Å². The fourth-order valence-corrected chi connectivity index (χ4v) is 3.29. The van der Waals surface area contributed by atoms with Crippen LogP contribution in [0.3, 0.4) is 0 Å². The minimum absolute atomic E-state index is 0.149. The number of carbonyl (C=O) groups is 3. The average Bonchev–Trinajstić information content (AvgIpc) is 2.76. The van der Waals surface area contributed by atoms with E-state index in [0.29, 0.717) is 28.3 Å². The van der Waals surface area contributed by atoms with Crippen molar-refractivity contribution in [3.63, 3.8) is 0 Å². The lowest BCUT2D eigenvalue weighted by Gasteiger charge is -2.33. The topological polar surface area (TPSA) is 97.0 Å². The van der Waals surface area contributed by atoms with Gasteiger partial charge in [-0.1, -0.05) is 30.3 Å². The summed E-state index contributed by atoms with van der Waals surface area (Å²) in [7, 11) is 1.59. The average molecular weight is 437 g/mol. The molecule has 2 aromatic carbocycles. The lowest BCUT2D eigenvalue weighted by Crippen LogP contribution is -2.46. The molecule has 8 nitrogen and oxygen atoms in total. The van der Waals surface area contributed by atoms with Gasteiger partial charge in [0.15, 0.2) is 6.61 Å². The van der Waals surface area contributed by atoms with Gasteiger partial charge in [0.05, 0.1) is 17.7 Å². The number of hydrogen-bond acceptors (Lipinski definition) is 5. The third-order valence-corrected chi connectivity index (χ3v) is 4.93. The maximum Gasteiger partial charge on any atom is 0.338 e. The summed E-state index contributed by atoms with van der Waals surface area (Å²) >= 11 is 0. The molecule has 32 heavy (non-hydrogen) atoms. The van der Waals surface area contributed by atoms with E-state index < -0.39 is 12.0 Å². The van der Waals surface area contributed by atoms with Crippen LogP contribution < -0.4 is 15.4 Å². The molecule has 1 aliphatic heterocycles. The molecule has 3 rings (SSSR count). The van der Waals surface area contributed by atoms with Crippen molar-refractivity contribution >= 4 is 23.6 Å². The zero-order valence-corrected chi connectivity index (χ0v) is 18.5. The second kappa shape index (κ2) is 10.00. The number of urea groups is 1. The molecule has 1 heterocycles. The molecule has 0 saturated heterocycles. The minimum Gasteiger partial charge on any atom is -0.484 e. The van der Waals surface area contributed by atoms with Gasteiger partial charge in [-0.2, -0.15) is 0 Å².